The van der Waals surface area contributed by atoms with Gasteiger partial charge < -0.3 is 20.0 Å². The van der Waals surface area contributed by atoms with Gasteiger partial charge in [-0.25, -0.2) is 4.98 Å². The Hall–Kier alpha value is -3.68. The predicted molar refractivity (Wildman–Crippen MR) is 134 cm³/mol. The van der Waals surface area contributed by atoms with Crippen LogP contribution in [0.1, 0.15) is 35.2 Å². The van der Waals surface area contributed by atoms with Crippen molar-refractivity contribution in [1.29, 1.82) is 0 Å². The molecule has 3 aromatic rings. The number of pyridine rings is 1. The first-order valence-electron chi connectivity index (χ1n) is 12.0. The Bertz CT molecular complexity index is 1200. The van der Waals surface area contributed by atoms with Crippen LogP contribution in [0.15, 0.2) is 58.3 Å². The molecule has 8 heteroatoms. The molecule has 176 valence electrons. The number of hydrogen-bond acceptors (Lipinski definition) is 7. The van der Waals surface area contributed by atoms with Gasteiger partial charge in [0.2, 0.25) is 0 Å². The minimum absolute atomic E-state index is 0.0232. The number of piperidine rings is 1. The number of hydrogen-bond donors (Lipinski definition) is 1. The van der Waals surface area contributed by atoms with Gasteiger partial charge in [-0.05, 0) is 49.1 Å². The number of piperazine rings is 1. The standard InChI is InChI=1S/C26H29N5O3/c32-24-22(23(25(24)33)30-12-4-1-5-13-30)28-18-19-7-9-20(10-8-19)26(34)31-16-14-29(15-17-31)21-6-2-3-11-27-21/h2-3,6-11,28H,1,4-5,12-18H2. The summed E-state index contributed by atoms with van der Waals surface area (Å²) in [6, 6.07) is 13.3. The summed E-state index contributed by atoms with van der Waals surface area (Å²) in [6.07, 6.45) is 5.05. The molecule has 2 aromatic carbocycles. The lowest BCUT2D eigenvalue weighted by Gasteiger charge is -2.35. The van der Waals surface area contributed by atoms with Gasteiger partial charge in [-0.2, -0.15) is 0 Å². The van der Waals surface area contributed by atoms with E-state index in [4.69, 9.17) is 0 Å². The largest absolute Gasteiger partial charge is 0.376 e. The molecule has 34 heavy (non-hydrogen) atoms. The Morgan fingerprint density at radius 2 is 1.56 bits per heavy atom. The SMILES string of the molecule is O=C(c1ccc(CNc2c(N3CCCCC3)c(=O)c2=O)cc1)N1CCN(c2ccccn2)CC1. The zero-order valence-corrected chi connectivity index (χ0v) is 19.2. The second-order valence-electron chi connectivity index (χ2n) is 8.95. The molecule has 2 aliphatic heterocycles. The van der Waals surface area contributed by atoms with Gasteiger partial charge in [-0.3, -0.25) is 14.4 Å². The third-order valence-corrected chi connectivity index (χ3v) is 6.77. The van der Waals surface area contributed by atoms with E-state index >= 15 is 0 Å². The summed E-state index contributed by atoms with van der Waals surface area (Å²) in [7, 11) is 0. The lowest BCUT2D eigenvalue weighted by Crippen LogP contribution is -2.49. The molecule has 8 nitrogen and oxygen atoms in total. The lowest BCUT2D eigenvalue weighted by molar-refractivity contribution is 0.0746. The number of benzene rings is 1. The van der Waals surface area contributed by atoms with Crippen molar-refractivity contribution in [2.45, 2.75) is 25.8 Å². The van der Waals surface area contributed by atoms with Crippen LogP contribution in [0.5, 0.6) is 0 Å². The maximum Gasteiger partial charge on any atom is 0.253 e. The van der Waals surface area contributed by atoms with Gasteiger partial charge >= 0.3 is 0 Å². The zero-order chi connectivity index (χ0) is 23.5. The van der Waals surface area contributed by atoms with Crippen molar-refractivity contribution in [3.05, 3.63) is 80.2 Å². The van der Waals surface area contributed by atoms with Crippen LogP contribution in [-0.2, 0) is 6.54 Å². The molecule has 0 spiro atoms. The van der Waals surface area contributed by atoms with Crippen LogP contribution >= 0.6 is 0 Å². The van der Waals surface area contributed by atoms with Crippen LogP contribution in [0, 0.1) is 0 Å². The number of nitrogens with one attached hydrogen (secondary N) is 1. The van der Waals surface area contributed by atoms with E-state index in [1.54, 1.807) is 6.20 Å². The van der Waals surface area contributed by atoms with Crippen molar-refractivity contribution < 1.29 is 4.79 Å². The first kappa shape index (κ1) is 22.1. The molecule has 0 unspecified atom stereocenters. The van der Waals surface area contributed by atoms with E-state index in [2.05, 4.69) is 15.2 Å². The number of anilines is 3. The van der Waals surface area contributed by atoms with Crippen LogP contribution in [0.2, 0.25) is 0 Å². The van der Waals surface area contributed by atoms with Gasteiger partial charge in [0, 0.05) is 57.6 Å². The lowest BCUT2D eigenvalue weighted by atomic mass is 10.1. The first-order valence-corrected chi connectivity index (χ1v) is 12.0. The molecule has 3 heterocycles. The van der Waals surface area contributed by atoms with Gasteiger partial charge in [0.15, 0.2) is 0 Å². The monoisotopic (exact) mass is 459 g/mol. The molecule has 0 saturated carbocycles. The summed E-state index contributed by atoms with van der Waals surface area (Å²) in [4.78, 5) is 47.7. The molecular formula is C26H29N5O3. The third kappa shape index (κ3) is 4.40. The maximum atomic E-state index is 13.0. The Kier molecular flexibility index (Phi) is 6.29. The van der Waals surface area contributed by atoms with Gasteiger partial charge in [-0.15, -0.1) is 0 Å². The number of carbonyl (C=O) groups is 1. The van der Waals surface area contributed by atoms with E-state index in [1.165, 1.54) is 6.42 Å². The minimum Gasteiger partial charge on any atom is -0.376 e. The third-order valence-electron chi connectivity index (χ3n) is 6.77. The molecule has 1 aromatic heterocycles. The van der Waals surface area contributed by atoms with Gasteiger partial charge in [0.05, 0.1) is 0 Å². The van der Waals surface area contributed by atoms with Crippen molar-refractivity contribution in [2.75, 3.05) is 54.4 Å². The van der Waals surface area contributed by atoms with Gasteiger partial charge in [0.1, 0.15) is 17.2 Å². The van der Waals surface area contributed by atoms with E-state index in [0.29, 0.717) is 36.6 Å². The number of aromatic nitrogens is 1. The molecule has 2 aliphatic rings. The maximum absolute atomic E-state index is 13.0. The van der Waals surface area contributed by atoms with Gasteiger partial charge in [0.25, 0.3) is 16.8 Å². The molecule has 1 amide bonds. The van der Waals surface area contributed by atoms with Crippen molar-refractivity contribution in [3.63, 3.8) is 0 Å². The smallest absolute Gasteiger partial charge is 0.253 e. The van der Waals surface area contributed by atoms with Crippen molar-refractivity contribution >= 4 is 23.1 Å². The van der Waals surface area contributed by atoms with Crippen LogP contribution in [0.4, 0.5) is 17.2 Å². The predicted octanol–water partition coefficient (Wildman–Crippen LogP) is 2.24. The van der Waals surface area contributed by atoms with Crippen LogP contribution in [0.3, 0.4) is 0 Å². The molecule has 2 saturated heterocycles. The topological polar surface area (TPSA) is 85.8 Å². The summed E-state index contributed by atoms with van der Waals surface area (Å²) in [5.41, 5.74) is 1.76. The Morgan fingerprint density at radius 3 is 2.24 bits per heavy atom. The summed E-state index contributed by atoms with van der Waals surface area (Å²) >= 11 is 0. The van der Waals surface area contributed by atoms with Crippen LogP contribution in [-0.4, -0.2) is 55.1 Å². The van der Waals surface area contributed by atoms with E-state index in [0.717, 1.165) is 50.4 Å². The first-order chi connectivity index (χ1) is 16.6. The fourth-order valence-electron chi connectivity index (χ4n) is 4.78. The number of carbonyl (C=O) groups excluding carboxylic acids is 1. The fraction of sp³-hybridized carbons (Fsp3) is 0.385. The van der Waals surface area contributed by atoms with Crippen molar-refractivity contribution in [1.82, 2.24) is 9.88 Å². The van der Waals surface area contributed by atoms with E-state index in [9.17, 15) is 14.4 Å². The highest BCUT2D eigenvalue weighted by Gasteiger charge is 2.27. The molecule has 2 fully saturated rings. The molecule has 0 aliphatic carbocycles. The zero-order valence-electron chi connectivity index (χ0n) is 19.2. The normalized spacial score (nSPS) is 16.6. The molecule has 0 bridgehead atoms. The average Bonchev–Trinajstić information content (AvgIpc) is 2.91. The number of nitrogens with zero attached hydrogens (tertiary/aromatic N) is 4. The summed E-state index contributed by atoms with van der Waals surface area (Å²) in [5, 5.41) is 3.16. The van der Waals surface area contributed by atoms with Crippen LogP contribution < -0.4 is 26.0 Å². The number of amides is 1. The van der Waals surface area contributed by atoms with Crippen LogP contribution in [0.25, 0.3) is 0 Å². The average molecular weight is 460 g/mol. The summed E-state index contributed by atoms with van der Waals surface area (Å²) in [6.45, 7) is 4.91. The molecule has 0 radical (unpaired) electrons. The van der Waals surface area contributed by atoms with E-state index in [1.807, 2.05) is 52.3 Å². The Morgan fingerprint density at radius 1 is 0.824 bits per heavy atom. The fourth-order valence-corrected chi connectivity index (χ4v) is 4.78. The minimum atomic E-state index is -0.433. The molecule has 1 N–H and O–H groups in total. The molecule has 5 rings (SSSR count). The number of rotatable bonds is 6. The van der Waals surface area contributed by atoms with Gasteiger partial charge in [-0.1, -0.05) is 18.2 Å². The quantitative estimate of drug-likeness (QED) is 0.566. The Balaban J connectivity index is 1.17. The second-order valence-corrected chi connectivity index (χ2v) is 8.95. The highest BCUT2D eigenvalue weighted by Crippen LogP contribution is 2.24. The highest BCUT2D eigenvalue weighted by atomic mass is 16.2. The highest BCUT2D eigenvalue weighted by molar-refractivity contribution is 5.94. The van der Waals surface area contributed by atoms with Crippen molar-refractivity contribution in [2.24, 2.45) is 0 Å². The molecular weight excluding hydrogens is 430 g/mol. The summed E-state index contributed by atoms with van der Waals surface area (Å²) in [5.74, 6) is 0.965. The van der Waals surface area contributed by atoms with E-state index in [-0.39, 0.29) is 11.3 Å². The molecule has 0 atom stereocenters. The Labute approximate surface area is 198 Å². The van der Waals surface area contributed by atoms with E-state index < -0.39 is 5.43 Å². The summed E-state index contributed by atoms with van der Waals surface area (Å²) < 4.78 is 0. The van der Waals surface area contributed by atoms with Crippen molar-refractivity contribution in [3.8, 4) is 0 Å². The second kappa shape index (κ2) is 9.67.